The van der Waals surface area contributed by atoms with E-state index in [1.54, 1.807) is 12.4 Å². The van der Waals surface area contributed by atoms with Crippen molar-refractivity contribution in [2.24, 2.45) is 5.92 Å². The van der Waals surface area contributed by atoms with E-state index in [1.807, 2.05) is 48.2 Å². The van der Waals surface area contributed by atoms with Crippen LogP contribution in [0.3, 0.4) is 0 Å². The molecule has 1 aromatic heterocycles. The molecule has 29 heavy (non-hydrogen) atoms. The average Bonchev–Trinajstić information content (AvgIpc) is 3.26. The Labute approximate surface area is 170 Å². The van der Waals surface area contributed by atoms with Gasteiger partial charge in [0.2, 0.25) is 11.8 Å². The summed E-state index contributed by atoms with van der Waals surface area (Å²) in [6, 6.07) is 11.6. The van der Waals surface area contributed by atoms with Gasteiger partial charge in [-0.05, 0) is 55.5 Å². The molecule has 0 saturated carbocycles. The molecule has 2 aliphatic heterocycles. The van der Waals surface area contributed by atoms with Gasteiger partial charge in [0.25, 0.3) is 0 Å². The Morgan fingerprint density at radius 1 is 1.07 bits per heavy atom. The van der Waals surface area contributed by atoms with Crippen LogP contribution in [0.1, 0.15) is 36.4 Å². The first-order valence-corrected chi connectivity index (χ1v) is 10.2. The van der Waals surface area contributed by atoms with Gasteiger partial charge in [-0.3, -0.25) is 14.6 Å². The number of aromatic nitrogens is 1. The molecule has 0 radical (unpaired) electrons. The number of amides is 2. The minimum absolute atomic E-state index is 0.0461. The Morgan fingerprint density at radius 3 is 2.52 bits per heavy atom. The Balaban J connectivity index is 1.28. The predicted octanol–water partition coefficient (Wildman–Crippen LogP) is 2.17. The maximum atomic E-state index is 12.9. The number of rotatable bonds is 4. The van der Waals surface area contributed by atoms with Gasteiger partial charge < -0.3 is 10.2 Å². The third-order valence-electron chi connectivity index (χ3n) is 5.89. The minimum Gasteiger partial charge on any atom is -0.341 e. The SMILES string of the molecule is Cc1ccccc1NC(=O)C1CCN(C(=O)C2CC(c3ccncc3)NN2)CC1. The van der Waals surface area contributed by atoms with E-state index in [0.29, 0.717) is 32.4 Å². The van der Waals surface area contributed by atoms with Crippen LogP contribution >= 0.6 is 0 Å². The first-order chi connectivity index (χ1) is 14.1. The molecule has 2 aromatic rings. The van der Waals surface area contributed by atoms with Crippen LogP contribution in [0.5, 0.6) is 0 Å². The highest BCUT2D eigenvalue weighted by Crippen LogP contribution is 2.25. The van der Waals surface area contributed by atoms with E-state index in [9.17, 15) is 9.59 Å². The standard InChI is InChI=1S/C22H27N5O2/c1-15-4-2-3-5-18(15)24-21(28)17-8-12-27(13-9-17)22(29)20-14-19(25-26-20)16-6-10-23-11-7-16/h2-7,10-11,17,19-20,25-26H,8-9,12-14H2,1H3,(H,24,28). The van der Waals surface area contributed by atoms with Gasteiger partial charge in [-0.2, -0.15) is 0 Å². The van der Waals surface area contributed by atoms with Crippen molar-refractivity contribution in [3.63, 3.8) is 0 Å². The number of nitrogens with zero attached hydrogens (tertiary/aromatic N) is 2. The molecule has 0 aliphatic carbocycles. The van der Waals surface area contributed by atoms with Crippen LogP contribution < -0.4 is 16.2 Å². The molecule has 2 amide bonds. The maximum Gasteiger partial charge on any atom is 0.241 e. The number of hydrogen-bond donors (Lipinski definition) is 3. The zero-order valence-electron chi connectivity index (χ0n) is 16.6. The second-order valence-corrected chi connectivity index (χ2v) is 7.81. The lowest BCUT2D eigenvalue weighted by atomic mass is 9.94. The first kappa shape index (κ1) is 19.5. The minimum atomic E-state index is -0.245. The van der Waals surface area contributed by atoms with Crippen LogP contribution in [0.15, 0.2) is 48.8 Å². The lowest BCUT2D eigenvalue weighted by Crippen LogP contribution is -2.49. The van der Waals surface area contributed by atoms with E-state index in [1.165, 1.54) is 0 Å². The number of carbonyl (C=O) groups is 2. The maximum absolute atomic E-state index is 12.9. The Hall–Kier alpha value is -2.77. The summed E-state index contributed by atoms with van der Waals surface area (Å²) in [5.74, 6) is 0.0921. The second-order valence-electron chi connectivity index (χ2n) is 7.81. The van der Waals surface area contributed by atoms with Crippen molar-refractivity contribution in [1.82, 2.24) is 20.7 Å². The number of benzene rings is 1. The fraction of sp³-hybridized carbons (Fsp3) is 0.409. The van der Waals surface area contributed by atoms with Crippen molar-refractivity contribution in [2.45, 2.75) is 38.3 Å². The largest absolute Gasteiger partial charge is 0.341 e. The molecule has 3 heterocycles. The Bertz CT molecular complexity index is 865. The topological polar surface area (TPSA) is 86.4 Å². The molecule has 3 N–H and O–H groups in total. The fourth-order valence-corrected chi connectivity index (χ4v) is 4.06. The van der Waals surface area contributed by atoms with E-state index in [4.69, 9.17) is 0 Å². The smallest absolute Gasteiger partial charge is 0.241 e. The number of carbonyl (C=O) groups excluding carboxylic acids is 2. The van der Waals surface area contributed by atoms with Crippen molar-refractivity contribution in [3.8, 4) is 0 Å². The van der Waals surface area contributed by atoms with Gasteiger partial charge in [0.1, 0.15) is 6.04 Å². The number of anilines is 1. The highest BCUT2D eigenvalue weighted by Gasteiger charge is 2.35. The molecule has 2 fully saturated rings. The molecule has 7 heteroatoms. The molecule has 4 rings (SSSR count). The van der Waals surface area contributed by atoms with Gasteiger partial charge in [0.05, 0.1) is 0 Å². The number of pyridine rings is 1. The first-order valence-electron chi connectivity index (χ1n) is 10.2. The number of hydrazine groups is 1. The van der Waals surface area contributed by atoms with E-state index in [2.05, 4.69) is 21.2 Å². The van der Waals surface area contributed by atoms with Gasteiger partial charge in [-0.15, -0.1) is 0 Å². The number of hydrogen-bond acceptors (Lipinski definition) is 5. The molecule has 2 atom stereocenters. The highest BCUT2D eigenvalue weighted by molar-refractivity contribution is 5.93. The summed E-state index contributed by atoms with van der Waals surface area (Å²) >= 11 is 0. The Morgan fingerprint density at radius 2 is 1.79 bits per heavy atom. The second kappa shape index (κ2) is 8.71. The molecule has 7 nitrogen and oxygen atoms in total. The van der Waals surface area contributed by atoms with Crippen LogP contribution in [-0.4, -0.2) is 40.8 Å². The molecule has 2 saturated heterocycles. The molecule has 152 valence electrons. The lowest BCUT2D eigenvalue weighted by molar-refractivity contribution is -0.136. The van der Waals surface area contributed by atoms with Crippen molar-refractivity contribution in [3.05, 3.63) is 59.9 Å². The summed E-state index contributed by atoms with van der Waals surface area (Å²) in [7, 11) is 0. The van der Waals surface area contributed by atoms with Crippen molar-refractivity contribution in [2.75, 3.05) is 18.4 Å². The predicted molar refractivity (Wildman–Crippen MR) is 111 cm³/mol. The normalized spacial score (nSPS) is 22.4. The lowest BCUT2D eigenvalue weighted by Gasteiger charge is -2.33. The zero-order chi connectivity index (χ0) is 20.2. The van der Waals surface area contributed by atoms with Crippen LogP contribution in [0.2, 0.25) is 0 Å². The summed E-state index contributed by atoms with van der Waals surface area (Å²) in [5.41, 5.74) is 9.38. The fourth-order valence-electron chi connectivity index (χ4n) is 4.06. The summed E-state index contributed by atoms with van der Waals surface area (Å²) in [6.07, 6.45) is 5.61. The molecule has 0 spiro atoms. The van der Waals surface area contributed by atoms with Crippen molar-refractivity contribution >= 4 is 17.5 Å². The van der Waals surface area contributed by atoms with Crippen LogP contribution in [0, 0.1) is 12.8 Å². The highest BCUT2D eigenvalue weighted by atomic mass is 16.2. The molecular formula is C22H27N5O2. The van der Waals surface area contributed by atoms with Gasteiger partial charge in [0, 0.05) is 43.1 Å². The monoisotopic (exact) mass is 393 g/mol. The van der Waals surface area contributed by atoms with Crippen LogP contribution in [0.4, 0.5) is 5.69 Å². The zero-order valence-corrected chi connectivity index (χ0v) is 16.6. The molecule has 2 unspecified atom stereocenters. The van der Waals surface area contributed by atoms with E-state index in [-0.39, 0.29) is 29.8 Å². The number of nitrogens with one attached hydrogen (secondary N) is 3. The molecule has 1 aromatic carbocycles. The van der Waals surface area contributed by atoms with Crippen molar-refractivity contribution < 1.29 is 9.59 Å². The average molecular weight is 393 g/mol. The third kappa shape index (κ3) is 4.46. The van der Waals surface area contributed by atoms with Gasteiger partial charge in [-0.1, -0.05) is 18.2 Å². The summed E-state index contributed by atoms with van der Waals surface area (Å²) < 4.78 is 0. The van der Waals surface area contributed by atoms with E-state index >= 15 is 0 Å². The van der Waals surface area contributed by atoms with Crippen molar-refractivity contribution in [1.29, 1.82) is 0 Å². The van der Waals surface area contributed by atoms with E-state index < -0.39 is 0 Å². The van der Waals surface area contributed by atoms with Crippen LogP contribution in [-0.2, 0) is 9.59 Å². The van der Waals surface area contributed by atoms with Gasteiger partial charge in [0.15, 0.2) is 0 Å². The quantitative estimate of drug-likeness (QED) is 0.741. The number of likely N-dealkylation sites (tertiary alicyclic amines) is 1. The molecule has 0 bridgehead atoms. The molecule has 2 aliphatic rings. The number of piperidine rings is 1. The molecular weight excluding hydrogens is 366 g/mol. The van der Waals surface area contributed by atoms with E-state index in [0.717, 1.165) is 16.8 Å². The van der Waals surface area contributed by atoms with Crippen LogP contribution in [0.25, 0.3) is 0 Å². The van der Waals surface area contributed by atoms with Gasteiger partial charge >= 0.3 is 0 Å². The summed E-state index contributed by atoms with van der Waals surface area (Å²) in [6.45, 7) is 3.21. The van der Waals surface area contributed by atoms with Gasteiger partial charge in [-0.25, -0.2) is 10.9 Å². The summed E-state index contributed by atoms with van der Waals surface area (Å²) in [4.78, 5) is 31.4. The number of aryl methyl sites for hydroxylation is 1. The Kier molecular flexibility index (Phi) is 5.87. The third-order valence-corrected chi connectivity index (χ3v) is 5.89. The number of para-hydroxylation sites is 1. The summed E-state index contributed by atoms with van der Waals surface area (Å²) in [5, 5.41) is 3.03.